The maximum Gasteiger partial charge on any atom is 0.270 e. The molecule has 1 saturated heterocycles. The van der Waals surface area contributed by atoms with Crippen LogP contribution in [0.25, 0.3) is 0 Å². The van der Waals surface area contributed by atoms with E-state index in [1.54, 1.807) is 13.8 Å². The van der Waals surface area contributed by atoms with Gasteiger partial charge in [0.05, 0.1) is 12.1 Å². The van der Waals surface area contributed by atoms with Crippen LogP contribution in [0.15, 0.2) is 66.7 Å². The Morgan fingerprint density at radius 3 is 0.798 bits per heavy atom. The van der Waals surface area contributed by atoms with Gasteiger partial charge >= 0.3 is 0 Å². The van der Waals surface area contributed by atoms with Crippen molar-refractivity contribution in [2.24, 2.45) is 0 Å². The highest BCUT2D eigenvalue weighted by molar-refractivity contribution is 8.24. The molecule has 7 aromatic carbocycles. The summed E-state index contributed by atoms with van der Waals surface area (Å²) in [5, 5.41) is 2.43. The predicted molar refractivity (Wildman–Crippen MR) is 317 cm³/mol. The van der Waals surface area contributed by atoms with Gasteiger partial charge in [0.2, 0.25) is 11.8 Å². The fourth-order valence-electron chi connectivity index (χ4n) is 16.0. The number of aromatic nitrogens is 2. The number of hydrogen-bond acceptors (Lipinski definition) is 1. The van der Waals surface area contributed by atoms with Crippen LogP contribution in [0, 0.1) is 167 Å². The third kappa shape index (κ3) is 8.34. The van der Waals surface area contributed by atoms with Gasteiger partial charge < -0.3 is 4.34 Å². The largest absolute Gasteiger partial charge is 0.619 e. The van der Waals surface area contributed by atoms with Crippen LogP contribution >= 0.6 is 0 Å². The van der Waals surface area contributed by atoms with Crippen molar-refractivity contribution in [3.05, 3.63) is 215 Å². The third-order valence-electron chi connectivity index (χ3n) is 17.8. The molecule has 442 valence electrons. The summed E-state index contributed by atoms with van der Waals surface area (Å²) in [6, 6.07) is 13.2. The van der Waals surface area contributed by atoms with Crippen LogP contribution in [0.5, 0.6) is 0 Å². The maximum absolute atomic E-state index is 18.4. The Balaban J connectivity index is 1.89. The van der Waals surface area contributed by atoms with E-state index in [9.17, 15) is 0 Å². The lowest BCUT2D eigenvalue weighted by Gasteiger charge is -2.49. The number of nitrogens with zero attached hydrogens (tertiary/aromatic N) is 2. The minimum Gasteiger partial charge on any atom is -0.619 e. The molecule has 8 aromatic rings. The molecule has 84 heavy (non-hydrogen) atoms. The van der Waals surface area contributed by atoms with E-state index in [2.05, 4.69) is 0 Å². The summed E-state index contributed by atoms with van der Waals surface area (Å²) < 4.78 is 224. The van der Waals surface area contributed by atoms with Crippen LogP contribution in [0.3, 0.4) is 0 Å². The number of rotatable bonds is 12. The lowest BCUT2D eigenvalue weighted by molar-refractivity contribution is -0.705. The third-order valence-corrected chi connectivity index (χ3v) is 61.6. The zero-order chi connectivity index (χ0) is 62.4. The van der Waals surface area contributed by atoms with Gasteiger partial charge in [0, 0.05) is 32.0 Å². The molecular weight excluding hydrogens is 1150 g/mol. The van der Waals surface area contributed by atoms with Gasteiger partial charge in [-0.3, -0.25) is 0 Å². The molecule has 1 aliphatic heterocycles. The first-order chi connectivity index (χ1) is 39.1. The van der Waals surface area contributed by atoms with Crippen LogP contribution in [-0.2, 0) is 4.34 Å². The molecule has 9 rings (SSSR count). The standard InChI is InChI=1S/C65H67BF12N2OSi3/c1-30(2)79-44(17)45(18)80(31(3)4)65(79)84(81-66(52-55(73)46(67)27-47(68)56(52)74,53-57(75)48(69)28-49(70)58(53)76)54-59(77)50(71)29-51(72)60(54)78)82(61-36(9)19-32(5)20-37(61)10,62-38(11)21-33(6)22-39(62)12)83(84,63-40(13)23-34(7)24-41(63)14)64-42(15)25-35(8)26-43(64)16/h19-31H,1-18H3. The zero-order valence-corrected chi connectivity index (χ0v) is 53.4. The Bertz CT molecular complexity index is 3540. The molecule has 2 heterocycles. The summed E-state index contributed by atoms with van der Waals surface area (Å²) in [4.78, 5) is 0. The van der Waals surface area contributed by atoms with E-state index in [-0.39, 0.29) is 23.6 Å². The topological polar surface area (TPSA) is 18.0 Å². The van der Waals surface area contributed by atoms with Gasteiger partial charge in [0.25, 0.3) is 7.35 Å². The van der Waals surface area contributed by atoms with E-state index < -0.39 is 126 Å². The number of imidazole rings is 1. The lowest BCUT2D eigenvalue weighted by atomic mass is 9.28. The Labute approximate surface area is 485 Å². The van der Waals surface area contributed by atoms with Crippen LogP contribution in [0.2, 0.25) is 0 Å². The first-order valence-corrected chi connectivity index (χ1v) is 36.8. The zero-order valence-electron chi connectivity index (χ0n) is 50.4. The first kappa shape index (κ1) is 62.1. The van der Waals surface area contributed by atoms with Gasteiger partial charge in [-0.15, -0.1) is 0 Å². The molecule has 0 unspecified atom stereocenters. The van der Waals surface area contributed by atoms with E-state index >= 15 is 52.7 Å². The molecule has 0 aliphatic carbocycles. The minimum absolute atomic E-state index is 0.192. The van der Waals surface area contributed by atoms with Gasteiger partial charge in [-0.25, -0.2) is 61.8 Å². The van der Waals surface area contributed by atoms with Crippen LogP contribution in [-0.4, -0.2) is 32.5 Å². The summed E-state index contributed by atoms with van der Waals surface area (Å²) in [6.07, 6.45) is -6.14. The van der Waals surface area contributed by atoms with Crippen LogP contribution in [0.4, 0.5) is 52.7 Å². The Morgan fingerprint density at radius 1 is 0.369 bits per heavy atom. The van der Waals surface area contributed by atoms with Crippen molar-refractivity contribution in [2.45, 2.75) is 137 Å². The van der Waals surface area contributed by atoms with Crippen molar-refractivity contribution in [3.63, 3.8) is 0 Å². The van der Waals surface area contributed by atoms with Crippen molar-refractivity contribution >= 4 is 70.5 Å². The molecule has 0 N–H and O–H groups in total. The Morgan fingerprint density at radius 2 is 0.595 bits per heavy atom. The van der Waals surface area contributed by atoms with E-state index in [0.717, 1.165) is 22.3 Å². The highest BCUT2D eigenvalue weighted by Crippen LogP contribution is 2.56. The molecule has 0 saturated carbocycles. The molecule has 0 spiro atoms. The summed E-state index contributed by atoms with van der Waals surface area (Å²) in [6.45, 7) is 33.3. The number of halogens is 12. The van der Waals surface area contributed by atoms with Gasteiger partial charge in [-0.1, -0.05) is 132 Å². The molecule has 3 nitrogen and oxygen atoms in total. The fourth-order valence-corrected chi connectivity index (χ4v) is 87.8. The second-order valence-corrected chi connectivity index (χ2v) is 49.0. The van der Waals surface area contributed by atoms with E-state index in [0.29, 0.717) is 76.6 Å². The maximum atomic E-state index is 18.4. The summed E-state index contributed by atoms with van der Waals surface area (Å²) in [7, 11) is -15.8. The van der Waals surface area contributed by atoms with Gasteiger partial charge in [-0.2, -0.15) is 0 Å². The van der Waals surface area contributed by atoms with Gasteiger partial charge in [0.15, 0.2) is 49.1 Å². The van der Waals surface area contributed by atoms with Crippen molar-refractivity contribution in [1.29, 1.82) is 0 Å². The molecule has 0 atom stereocenters. The number of aryl methyl sites for hydroxylation is 12. The Kier molecular flexibility index (Phi) is 15.7. The molecule has 0 bridgehead atoms. The average molecular weight is 1220 g/mol. The molecule has 1 fully saturated rings. The SMILES string of the molecule is Cc1cc(C)c([Si]2(c3c(C)cc(C)cc3C)[Si](O[B-](c3c(F)c(F)cc(F)c3F)(c3c(F)c(F)cc(F)c3F)c3c(F)c(F)cc(F)c3F)(c3n(C(C)C)c(C)c(C)[n+]3C(C)C)[Si]2(c2c(C)cc(C)cc2C)c2c(C)cc(C)cc2C)c(C)c1. The second-order valence-electron chi connectivity index (χ2n) is 24.2. The smallest absolute Gasteiger partial charge is 0.270 e. The van der Waals surface area contributed by atoms with Gasteiger partial charge in [-0.05, 0) is 132 Å². The molecule has 0 amide bonds. The summed E-state index contributed by atoms with van der Waals surface area (Å²) in [5.74, 6) is -29.5. The molecule has 1 aromatic heterocycles. The molecule has 19 heteroatoms. The molecule has 1 aliphatic rings. The van der Waals surface area contributed by atoms with E-state index in [1.807, 2.05) is 168 Å². The van der Waals surface area contributed by atoms with Crippen LogP contribution < -0.4 is 47.2 Å². The summed E-state index contributed by atoms with van der Waals surface area (Å²) >= 11 is 0. The first-order valence-electron chi connectivity index (χ1n) is 27.9. The molecular formula is C65H67BF12N2OSi3. The number of hydrogen-bond donors (Lipinski definition) is 0. The van der Waals surface area contributed by atoms with Gasteiger partial charge in [0.1, 0.15) is 46.3 Å². The molecule has 0 radical (unpaired) electrons. The van der Waals surface area contributed by atoms with Crippen molar-refractivity contribution in [3.8, 4) is 0 Å². The quantitative estimate of drug-likeness (QED) is 0.0516. The minimum atomic E-state index is -6.14. The van der Waals surface area contributed by atoms with Crippen molar-refractivity contribution < 1.29 is 61.6 Å². The predicted octanol–water partition coefficient (Wildman–Crippen LogP) is 11.5. The fraction of sp³-hybridized carbons (Fsp3) is 0.308. The average Bonchev–Trinajstić information content (AvgIpc) is 1.41. The van der Waals surface area contributed by atoms with Crippen LogP contribution in [0.1, 0.15) is 118 Å². The van der Waals surface area contributed by atoms with E-state index in [4.69, 9.17) is 4.34 Å². The summed E-state index contributed by atoms with van der Waals surface area (Å²) in [5.41, 5.74) is 2.30. The highest BCUT2D eigenvalue weighted by Gasteiger charge is 3.01. The monoisotopic (exact) mass is 1210 g/mol. The van der Waals surface area contributed by atoms with E-state index in [1.165, 1.54) is 0 Å². The van der Waals surface area contributed by atoms with Crippen molar-refractivity contribution in [1.82, 2.24) is 4.57 Å². The second kappa shape index (κ2) is 21.2. The highest BCUT2D eigenvalue weighted by atomic mass is 30.2. The lowest BCUT2D eigenvalue weighted by Crippen LogP contribution is -2.83. The normalized spacial score (nSPS) is 14.6. The Hall–Kier alpha value is -6.41. The van der Waals surface area contributed by atoms with Crippen molar-refractivity contribution in [2.75, 3.05) is 0 Å². The number of benzene rings is 7.